The van der Waals surface area contributed by atoms with Crippen molar-refractivity contribution in [3.05, 3.63) is 27.8 Å². The number of methoxy groups -OCH3 is 1. The van der Waals surface area contributed by atoms with Crippen LogP contribution < -0.4 is 5.32 Å². The molecule has 1 aromatic carbocycles. The van der Waals surface area contributed by atoms with Crippen molar-refractivity contribution in [3.63, 3.8) is 0 Å². The van der Waals surface area contributed by atoms with E-state index in [1.165, 1.54) is 9.26 Å². The van der Waals surface area contributed by atoms with Crippen LogP contribution in [0.2, 0.25) is 0 Å². The molecule has 1 unspecified atom stereocenters. The topological polar surface area (TPSA) is 21.3 Å². The zero-order valence-electron chi connectivity index (χ0n) is 10.4. The molecule has 2 nitrogen and oxygen atoms in total. The van der Waals surface area contributed by atoms with E-state index in [9.17, 15) is 0 Å². The lowest BCUT2D eigenvalue weighted by molar-refractivity contribution is 0.0128. The van der Waals surface area contributed by atoms with Crippen LogP contribution in [0.15, 0.2) is 24.3 Å². The van der Waals surface area contributed by atoms with Gasteiger partial charge in [-0.15, -0.1) is 0 Å². The van der Waals surface area contributed by atoms with E-state index >= 15 is 0 Å². The lowest BCUT2D eigenvalue weighted by atomic mass is 10.00. The van der Waals surface area contributed by atoms with Crippen LogP contribution in [-0.2, 0) is 4.74 Å². The number of hydrogen-bond acceptors (Lipinski definition) is 2. The molecule has 0 aliphatic heterocycles. The zero-order chi connectivity index (χ0) is 12.2. The van der Waals surface area contributed by atoms with Gasteiger partial charge in [0.1, 0.15) is 0 Å². The molecule has 0 saturated carbocycles. The Bertz CT molecular complexity index is 321. The summed E-state index contributed by atoms with van der Waals surface area (Å²) in [5, 5.41) is 3.48. The second kappa shape index (κ2) is 5.87. The number of ether oxygens (including phenoxy) is 1. The molecule has 0 saturated heterocycles. The molecule has 1 aromatic rings. The molecule has 0 heterocycles. The van der Waals surface area contributed by atoms with Crippen LogP contribution in [0.5, 0.6) is 0 Å². The predicted molar refractivity (Wildman–Crippen MR) is 77.9 cm³/mol. The molecule has 0 aliphatic carbocycles. The Morgan fingerprint density at radius 2 is 1.88 bits per heavy atom. The van der Waals surface area contributed by atoms with Gasteiger partial charge >= 0.3 is 0 Å². The van der Waals surface area contributed by atoms with Crippen LogP contribution in [0.4, 0.5) is 5.69 Å². The predicted octanol–water partition coefficient (Wildman–Crippen LogP) is 3.91. The van der Waals surface area contributed by atoms with Crippen LogP contribution >= 0.6 is 22.6 Å². The summed E-state index contributed by atoms with van der Waals surface area (Å²) < 4.78 is 6.68. The molecule has 1 N–H and O–H groups in total. The average Bonchev–Trinajstić information content (AvgIpc) is 2.21. The van der Waals surface area contributed by atoms with Gasteiger partial charge in [0, 0.05) is 22.4 Å². The Morgan fingerprint density at radius 1 is 1.31 bits per heavy atom. The van der Waals surface area contributed by atoms with Gasteiger partial charge in [0.05, 0.1) is 5.60 Å². The van der Waals surface area contributed by atoms with Crippen LogP contribution in [-0.4, -0.2) is 18.8 Å². The van der Waals surface area contributed by atoms with Crippen molar-refractivity contribution in [2.45, 2.75) is 38.8 Å². The molecule has 1 rings (SSSR count). The first-order valence-electron chi connectivity index (χ1n) is 5.50. The van der Waals surface area contributed by atoms with Crippen molar-refractivity contribution in [2.75, 3.05) is 12.4 Å². The largest absolute Gasteiger partial charge is 0.382 e. The number of anilines is 1. The minimum atomic E-state index is -0.0738. The Morgan fingerprint density at radius 3 is 2.38 bits per heavy atom. The SMILES string of the molecule is COC(C)(C)CC(C)Nc1ccc(I)cc1. The van der Waals surface area contributed by atoms with E-state index < -0.39 is 0 Å². The standard InChI is InChI=1S/C13H20INO/c1-10(9-13(2,3)16-4)15-12-7-5-11(14)6-8-12/h5-8,10,15H,9H2,1-4H3. The highest BCUT2D eigenvalue weighted by molar-refractivity contribution is 14.1. The van der Waals surface area contributed by atoms with Crippen molar-refractivity contribution in [1.82, 2.24) is 0 Å². The van der Waals surface area contributed by atoms with Gasteiger partial charge in [0.2, 0.25) is 0 Å². The van der Waals surface area contributed by atoms with Crippen molar-refractivity contribution < 1.29 is 4.74 Å². The monoisotopic (exact) mass is 333 g/mol. The van der Waals surface area contributed by atoms with Crippen molar-refractivity contribution in [3.8, 4) is 0 Å². The Labute approximate surface area is 112 Å². The summed E-state index contributed by atoms with van der Waals surface area (Å²) in [6, 6.07) is 8.83. The molecule has 16 heavy (non-hydrogen) atoms. The van der Waals surface area contributed by atoms with Gasteiger partial charge in [-0.05, 0) is 74.0 Å². The Hall–Kier alpha value is -0.290. The molecule has 0 aromatic heterocycles. The van der Waals surface area contributed by atoms with E-state index in [1.807, 2.05) is 0 Å². The smallest absolute Gasteiger partial charge is 0.0642 e. The lowest BCUT2D eigenvalue weighted by Crippen LogP contribution is -2.31. The van der Waals surface area contributed by atoms with Crippen LogP contribution in [0.3, 0.4) is 0 Å². The quantitative estimate of drug-likeness (QED) is 0.825. The maximum Gasteiger partial charge on any atom is 0.0642 e. The second-order valence-corrected chi connectivity index (χ2v) is 5.97. The van der Waals surface area contributed by atoms with Crippen LogP contribution in [0.25, 0.3) is 0 Å². The van der Waals surface area contributed by atoms with Gasteiger partial charge in [-0.25, -0.2) is 0 Å². The highest BCUT2D eigenvalue weighted by Crippen LogP contribution is 2.19. The van der Waals surface area contributed by atoms with Crippen LogP contribution in [0.1, 0.15) is 27.2 Å². The maximum atomic E-state index is 5.42. The molecule has 90 valence electrons. The molecule has 0 bridgehead atoms. The molecule has 0 radical (unpaired) electrons. The van der Waals surface area contributed by atoms with Gasteiger partial charge in [-0.3, -0.25) is 0 Å². The van der Waals surface area contributed by atoms with Gasteiger partial charge in [-0.1, -0.05) is 0 Å². The summed E-state index contributed by atoms with van der Waals surface area (Å²) in [4.78, 5) is 0. The molecule has 0 fully saturated rings. The second-order valence-electron chi connectivity index (χ2n) is 4.72. The van der Waals surface area contributed by atoms with E-state index in [0.717, 1.165) is 6.42 Å². The van der Waals surface area contributed by atoms with Gasteiger partial charge in [-0.2, -0.15) is 0 Å². The Balaban J connectivity index is 2.51. The molecule has 1 atom stereocenters. The number of rotatable bonds is 5. The van der Waals surface area contributed by atoms with Gasteiger partial charge in [0.15, 0.2) is 0 Å². The summed E-state index contributed by atoms with van der Waals surface area (Å²) in [5.41, 5.74) is 1.09. The number of hydrogen-bond donors (Lipinski definition) is 1. The van der Waals surface area contributed by atoms with E-state index in [4.69, 9.17) is 4.74 Å². The summed E-state index contributed by atoms with van der Waals surface area (Å²) in [7, 11) is 1.76. The molecule has 0 spiro atoms. The third-order valence-corrected chi connectivity index (χ3v) is 3.33. The number of halogens is 1. The van der Waals surface area contributed by atoms with E-state index in [0.29, 0.717) is 6.04 Å². The van der Waals surface area contributed by atoms with E-state index in [-0.39, 0.29) is 5.60 Å². The summed E-state index contributed by atoms with van der Waals surface area (Å²) in [5.74, 6) is 0. The summed E-state index contributed by atoms with van der Waals surface area (Å²) in [6.45, 7) is 6.40. The highest BCUT2D eigenvalue weighted by atomic mass is 127. The van der Waals surface area contributed by atoms with Gasteiger partial charge < -0.3 is 10.1 Å². The fourth-order valence-corrected chi connectivity index (χ4v) is 2.06. The molecule has 0 aliphatic rings. The zero-order valence-corrected chi connectivity index (χ0v) is 12.5. The fraction of sp³-hybridized carbons (Fsp3) is 0.538. The van der Waals surface area contributed by atoms with Crippen molar-refractivity contribution in [2.24, 2.45) is 0 Å². The van der Waals surface area contributed by atoms with Crippen LogP contribution in [0, 0.1) is 3.57 Å². The Kier molecular flexibility index (Phi) is 5.05. The third-order valence-electron chi connectivity index (χ3n) is 2.61. The first-order valence-corrected chi connectivity index (χ1v) is 6.58. The third kappa shape index (κ3) is 4.70. The lowest BCUT2D eigenvalue weighted by Gasteiger charge is -2.27. The highest BCUT2D eigenvalue weighted by Gasteiger charge is 2.19. The molecular formula is C13H20INO. The average molecular weight is 333 g/mol. The normalized spacial score (nSPS) is 13.6. The number of benzene rings is 1. The maximum absolute atomic E-state index is 5.42. The van der Waals surface area contributed by atoms with Crippen molar-refractivity contribution >= 4 is 28.3 Å². The summed E-state index contributed by atoms with van der Waals surface area (Å²) in [6.07, 6.45) is 0.982. The van der Waals surface area contributed by atoms with E-state index in [1.54, 1.807) is 7.11 Å². The molecular weight excluding hydrogens is 313 g/mol. The summed E-state index contributed by atoms with van der Waals surface area (Å²) >= 11 is 2.31. The molecule has 3 heteroatoms. The van der Waals surface area contributed by atoms with E-state index in [2.05, 4.69) is 72.9 Å². The van der Waals surface area contributed by atoms with Crippen molar-refractivity contribution in [1.29, 1.82) is 0 Å². The fourth-order valence-electron chi connectivity index (χ4n) is 1.70. The van der Waals surface area contributed by atoms with Gasteiger partial charge in [0.25, 0.3) is 0 Å². The minimum absolute atomic E-state index is 0.0738. The first-order chi connectivity index (χ1) is 7.43. The first kappa shape index (κ1) is 13.8. The molecule has 0 amide bonds. The minimum Gasteiger partial charge on any atom is -0.382 e. The number of nitrogens with one attached hydrogen (secondary N) is 1.